The van der Waals surface area contributed by atoms with Gasteiger partial charge in [-0.2, -0.15) is 0 Å². The number of esters is 1. The molecule has 2 fully saturated rings. The standard InChI is InChI=1S/C16H30N2O2/c1-12-6-5-7-14(10-12)18(3)11-16(2,15(19)20-4)17-13-8-9-13/h12-14,17H,5-11H2,1-4H3. The van der Waals surface area contributed by atoms with E-state index in [-0.39, 0.29) is 5.97 Å². The number of carbonyl (C=O) groups excluding carboxylic acids is 1. The van der Waals surface area contributed by atoms with Crippen molar-refractivity contribution in [1.82, 2.24) is 10.2 Å². The zero-order valence-corrected chi connectivity index (χ0v) is 13.4. The number of nitrogens with zero attached hydrogens (tertiary/aromatic N) is 1. The van der Waals surface area contributed by atoms with Crippen LogP contribution in [0.2, 0.25) is 0 Å². The van der Waals surface area contributed by atoms with Gasteiger partial charge in [-0.15, -0.1) is 0 Å². The summed E-state index contributed by atoms with van der Waals surface area (Å²) < 4.78 is 5.03. The highest BCUT2D eigenvalue weighted by Crippen LogP contribution is 2.29. The van der Waals surface area contributed by atoms with Gasteiger partial charge in [-0.1, -0.05) is 19.8 Å². The Hall–Kier alpha value is -0.610. The molecule has 0 heterocycles. The SMILES string of the molecule is COC(=O)C(C)(CN(C)C1CCCC(C)C1)NC1CC1. The number of methoxy groups -OCH3 is 1. The molecular formula is C16H30N2O2. The molecule has 3 unspecified atom stereocenters. The van der Waals surface area contributed by atoms with E-state index < -0.39 is 5.54 Å². The molecule has 4 heteroatoms. The van der Waals surface area contributed by atoms with Crippen molar-refractivity contribution in [2.75, 3.05) is 20.7 Å². The minimum atomic E-state index is -0.578. The summed E-state index contributed by atoms with van der Waals surface area (Å²) in [6.45, 7) is 5.05. The third kappa shape index (κ3) is 3.95. The van der Waals surface area contributed by atoms with Gasteiger partial charge < -0.3 is 9.64 Å². The Labute approximate surface area is 123 Å². The molecule has 1 N–H and O–H groups in total. The van der Waals surface area contributed by atoms with E-state index in [0.29, 0.717) is 12.1 Å². The summed E-state index contributed by atoms with van der Waals surface area (Å²) >= 11 is 0. The van der Waals surface area contributed by atoms with Crippen molar-refractivity contribution in [3.8, 4) is 0 Å². The summed E-state index contributed by atoms with van der Waals surface area (Å²) in [6, 6.07) is 1.10. The van der Waals surface area contributed by atoms with Crippen LogP contribution in [-0.2, 0) is 9.53 Å². The Balaban J connectivity index is 1.96. The van der Waals surface area contributed by atoms with Crippen LogP contribution in [0.4, 0.5) is 0 Å². The van der Waals surface area contributed by atoms with Crippen LogP contribution >= 0.6 is 0 Å². The lowest BCUT2D eigenvalue weighted by Gasteiger charge is -2.39. The van der Waals surface area contributed by atoms with Crippen LogP contribution in [0.25, 0.3) is 0 Å². The number of ether oxygens (including phenoxy) is 1. The predicted molar refractivity (Wildman–Crippen MR) is 80.6 cm³/mol. The van der Waals surface area contributed by atoms with Crippen molar-refractivity contribution in [2.24, 2.45) is 5.92 Å². The van der Waals surface area contributed by atoms with Crippen molar-refractivity contribution in [3.63, 3.8) is 0 Å². The quantitative estimate of drug-likeness (QED) is 0.758. The Kier molecular flexibility index (Phi) is 5.08. The van der Waals surface area contributed by atoms with Crippen LogP contribution in [0.5, 0.6) is 0 Å². The fourth-order valence-corrected chi connectivity index (χ4v) is 3.50. The molecule has 0 aromatic rings. The Morgan fingerprint density at radius 2 is 2.05 bits per heavy atom. The first kappa shape index (κ1) is 15.8. The van der Waals surface area contributed by atoms with Crippen LogP contribution in [0, 0.1) is 5.92 Å². The number of likely N-dealkylation sites (N-methyl/N-ethyl adjacent to an activating group) is 1. The average Bonchev–Trinajstić information content (AvgIpc) is 3.21. The minimum Gasteiger partial charge on any atom is -0.468 e. The van der Waals surface area contributed by atoms with E-state index in [0.717, 1.165) is 12.5 Å². The highest BCUT2D eigenvalue weighted by atomic mass is 16.5. The fourth-order valence-electron chi connectivity index (χ4n) is 3.50. The van der Waals surface area contributed by atoms with Crippen LogP contribution in [0.15, 0.2) is 0 Å². The van der Waals surface area contributed by atoms with Crippen LogP contribution in [0.1, 0.15) is 52.4 Å². The lowest BCUT2D eigenvalue weighted by molar-refractivity contribution is -0.149. The lowest BCUT2D eigenvalue weighted by atomic mass is 9.85. The average molecular weight is 282 g/mol. The number of rotatable bonds is 6. The second-order valence-electron chi connectivity index (χ2n) is 7.08. The summed E-state index contributed by atoms with van der Waals surface area (Å²) in [7, 11) is 3.64. The molecule has 0 aliphatic heterocycles. The Morgan fingerprint density at radius 1 is 1.35 bits per heavy atom. The van der Waals surface area contributed by atoms with Gasteiger partial charge in [0.1, 0.15) is 5.54 Å². The van der Waals surface area contributed by atoms with Crippen molar-refractivity contribution >= 4 is 5.97 Å². The third-order valence-electron chi connectivity index (χ3n) is 4.83. The van der Waals surface area contributed by atoms with Gasteiger partial charge >= 0.3 is 5.97 Å². The van der Waals surface area contributed by atoms with Crippen molar-refractivity contribution in [2.45, 2.75) is 70.0 Å². The Bertz CT molecular complexity index is 343. The molecule has 2 saturated carbocycles. The summed E-state index contributed by atoms with van der Waals surface area (Å²) in [5.41, 5.74) is -0.578. The van der Waals surface area contributed by atoms with Crippen LogP contribution in [-0.4, -0.2) is 49.2 Å². The largest absolute Gasteiger partial charge is 0.468 e. The number of carbonyl (C=O) groups is 1. The molecule has 0 aromatic heterocycles. The molecule has 3 atom stereocenters. The van der Waals surface area contributed by atoms with Gasteiger partial charge in [0.25, 0.3) is 0 Å². The van der Waals surface area contributed by atoms with E-state index in [2.05, 4.69) is 24.2 Å². The van der Waals surface area contributed by atoms with Crippen molar-refractivity contribution < 1.29 is 9.53 Å². The summed E-state index contributed by atoms with van der Waals surface area (Å²) in [4.78, 5) is 14.5. The molecular weight excluding hydrogens is 252 g/mol. The molecule has 0 aromatic carbocycles. The van der Waals surface area contributed by atoms with Crippen LogP contribution in [0.3, 0.4) is 0 Å². The first-order chi connectivity index (χ1) is 9.44. The maximum Gasteiger partial charge on any atom is 0.327 e. The van der Waals surface area contributed by atoms with Crippen molar-refractivity contribution in [1.29, 1.82) is 0 Å². The summed E-state index contributed by atoms with van der Waals surface area (Å²) in [5, 5.41) is 3.48. The number of nitrogens with one attached hydrogen (secondary N) is 1. The molecule has 4 nitrogen and oxygen atoms in total. The Morgan fingerprint density at radius 3 is 2.60 bits per heavy atom. The predicted octanol–water partition coefficient (Wildman–Crippen LogP) is 2.18. The molecule has 0 saturated heterocycles. The molecule has 0 spiro atoms. The number of hydrogen-bond acceptors (Lipinski definition) is 4. The highest BCUT2D eigenvalue weighted by Gasteiger charge is 2.41. The van der Waals surface area contributed by atoms with E-state index in [4.69, 9.17) is 4.74 Å². The second kappa shape index (κ2) is 6.44. The topological polar surface area (TPSA) is 41.6 Å². The first-order valence-corrected chi connectivity index (χ1v) is 8.01. The zero-order chi connectivity index (χ0) is 14.8. The van der Waals surface area contributed by atoms with E-state index in [1.807, 2.05) is 6.92 Å². The molecule has 2 aliphatic carbocycles. The number of hydrogen-bond donors (Lipinski definition) is 1. The molecule has 2 rings (SSSR count). The van der Waals surface area contributed by atoms with E-state index in [9.17, 15) is 4.79 Å². The van der Waals surface area contributed by atoms with Gasteiger partial charge in [-0.25, -0.2) is 0 Å². The second-order valence-corrected chi connectivity index (χ2v) is 7.08. The van der Waals surface area contributed by atoms with Gasteiger partial charge in [-0.3, -0.25) is 10.1 Å². The third-order valence-corrected chi connectivity index (χ3v) is 4.83. The lowest BCUT2D eigenvalue weighted by Crippen LogP contribution is -2.59. The smallest absolute Gasteiger partial charge is 0.327 e. The summed E-state index contributed by atoms with van der Waals surface area (Å²) in [6.07, 6.45) is 7.51. The molecule has 0 radical (unpaired) electrons. The maximum atomic E-state index is 12.2. The monoisotopic (exact) mass is 282 g/mol. The van der Waals surface area contributed by atoms with Crippen molar-refractivity contribution in [3.05, 3.63) is 0 Å². The fraction of sp³-hybridized carbons (Fsp3) is 0.938. The first-order valence-electron chi connectivity index (χ1n) is 8.01. The summed E-state index contributed by atoms with van der Waals surface area (Å²) in [5.74, 6) is 0.664. The molecule has 20 heavy (non-hydrogen) atoms. The molecule has 0 amide bonds. The molecule has 116 valence electrons. The van der Waals surface area contributed by atoms with Gasteiger partial charge in [0, 0.05) is 18.6 Å². The van der Waals surface area contributed by atoms with Gasteiger partial charge in [0.2, 0.25) is 0 Å². The van der Waals surface area contributed by atoms with Gasteiger partial charge in [0.15, 0.2) is 0 Å². The van der Waals surface area contributed by atoms with Gasteiger partial charge in [-0.05, 0) is 45.6 Å². The van der Waals surface area contributed by atoms with Gasteiger partial charge in [0.05, 0.1) is 7.11 Å². The molecule has 0 bridgehead atoms. The normalized spacial score (nSPS) is 30.1. The van der Waals surface area contributed by atoms with Crippen LogP contribution < -0.4 is 5.32 Å². The van der Waals surface area contributed by atoms with E-state index in [1.54, 1.807) is 0 Å². The highest BCUT2D eigenvalue weighted by molar-refractivity contribution is 5.80. The minimum absolute atomic E-state index is 0.139. The van der Waals surface area contributed by atoms with E-state index >= 15 is 0 Å². The zero-order valence-electron chi connectivity index (χ0n) is 13.4. The molecule has 2 aliphatic rings. The van der Waals surface area contributed by atoms with E-state index in [1.165, 1.54) is 45.6 Å². The maximum absolute atomic E-state index is 12.2.